The standard InChI is InChI=1S/C70H127NO13/c1-3-5-7-9-11-13-15-17-19-21-22-23-24-25-26-27-28-29-30-31-32-33-34-35-36-38-40-42-44-46-48-50-52-54-62(75)71-58(59(74)53-51-49-47-45-43-41-39-37-20-18-16-14-12-10-8-6-4-2)57-81-69-67(80)65(78)68(61(56-73)83-69)84-70-66(79)64(77)63(76)60(55-72)82-70/h15,17,21-22,24-25,43,45,51,53,58-61,63-70,72-74,76-80H,3-14,16,18-20,23,26-42,44,46-50,52,54-57H2,1-2H3,(H,71,75)/b17-15-,22-21-,25-24-,45-43+,53-51+. The Kier molecular flexibility index (Phi) is 50.8. The molecule has 490 valence electrons. The van der Waals surface area contributed by atoms with Gasteiger partial charge in [0, 0.05) is 6.42 Å². The van der Waals surface area contributed by atoms with Crippen molar-refractivity contribution >= 4 is 5.91 Å². The van der Waals surface area contributed by atoms with Crippen molar-refractivity contribution < 1.29 is 64.6 Å². The van der Waals surface area contributed by atoms with Crippen molar-refractivity contribution in [3.05, 3.63) is 60.8 Å². The number of carbonyl (C=O) groups excluding carboxylic acids is 1. The summed E-state index contributed by atoms with van der Waals surface area (Å²) in [4.78, 5) is 13.3. The van der Waals surface area contributed by atoms with E-state index in [0.717, 1.165) is 44.9 Å². The third-order valence-corrected chi connectivity index (χ3v) is 16.7. The lowest BCUT2D eigenvalue weighted by atomic mass is 9.97. The quantitative estimate of drug-likeness (QED) is 0.0204. The average Bonchev–Trinajstić information content (AvgIpc) is 3.17. The van der Waals surface area contributed by atoms with Gasteiger partial charge in [0.25, 0.3) is 0 Å². The van der Waals surface area contributed by atoms with Crippen LogP contribution in [0.25, 0.3) is 0 Å². The maximum absolute atomic E-state index is 13.3. The zero-order chi connectivity index (χ0) is 60.9. The fraction of sp³-hybridized carbons (Fsp3) is 0.843. The number of hydrogen-bond acceptors (Lipinski definition) is 13. The summed E-state index contributed by atoms with van der Waals surface area (Å²) >= 11 is 0. The van der Waals surface area contributed by atoms with Crippen LogP contribution in [0, 0.1) is 0 Å². The monoisotopic (exact) mass is 1190 g/mol. The van der Waals surface area contributed by atoms with Crippen molar-refractivity contribution in [3.63, 3.8) is 0 Å². The third kappa shape index (κ3) is 38.9. The average molecular weight is 1190 g/mol. The molecule has 12 atom stereocenters. The molecule has 9 N–H and O–H groups in total. The van der Waals surface area contributed by atoms with E-state index in [1.165, 1.54) is 205 Å². The molecule has 1 amide bonds. The minimum Gasteiger partial charge on any atom is -0.394 e. The summed E-state index contributed by atoms with van der Waals surface area (Å²) in [6.45, 7) is 2.79. The number of ether oxygens (including phenoxy) is 4. The van der Waals surface area contributed by atoms with Gasteiger partial charge in [-0.15, -0.1) is 0 Å². The lowest BCUT2D eigenvalue weighted by Crippen LogP contribution is -2.65. The van der Waals surface area contributed by atoms with Gasteiger partial charge in [0.05, 0.1) is 32.0 Å². The number of hydrogen-bond donors (Lipinski definition) is 9. The van der Waals surface area contributed by atoms with Crippen LogP contribution in [-0.4, -0.2) is 140 Å². The van der Waals surface area contributed by atoms with Crippen molar-refractivity contribution in [1.82, 2.24) is 5.32 Å². The van der Waals surface area contributed by atoms with E-state index in [-0.39, 0.29) is 18.9 Å². The smallest absolute Gasteiger partial charge is 0.220 e. The van der Waals surface area contributed by atoms with Crippen LogP contribution in [0.5, 0.6) is 0 Å². The summed E-state index contributed by atoms with van der Waals surface area (Å²) < 4.78 is 22.8. The van der Waals surface area contributed by atoms with E-state index >= 15 is 0 Å². The molecule has 2 rings (SSSR count). The predicted molar refractivity (Wildman–Crippen MR) is 341 cm³/mol. The minimum atomic E-state index is -1.79. The van der Waals surface area contributed by atoms with Crippen molar-refractivity contribution in [3.8, 4) is 0 Å². The number of carbonyl (C=O) groups is 1. The van der Waals surface area contributed by atoms with Gasteiger partial charge in [-0.1, -0.05) is 267 Å². The van der Waals surface area contributed by atoms with Crippen LogP contribution in [0.1, 0.15) is 284 Å². The van der Waals surface area contributed by atoms with Crippen LogP contribution >= 0.6 is 0 Å². The molecule has 14 heteroatoms. The number of nitrogens with one attached hydrogen (secondary N) is 1. The first kappa shape index (κ1) is 77.8. The molecular weight excluding hydrogens is 1060 g/mol. The van der Waals surface area contributed by atoms with E-state index in [2.05, 4.69) is 67.8 Å². The van der Waals surface area contributed by atoms with Gasteiger partial charge in [-0.05, 0) is 70.6 Å². The highest BCUT2D eigenvalue weighted by Gasteiger charge is 2.51. The van der Waals surface area contributed by atoms with Gasteiger partial charge in [-0.25, -0.2) is 0 Å². The molecule has 0 bridgehead atoms. The Morgan fingerprint density at radius 3 is 1.25 bits per heavy atom. The first-order valence-electron chi connectivity index (χ1n) is 34.5. The lowest BCUT2D eigenvalue weighted by molar-refractivity contribution is -0.359. The Labute approximate surface area is 511 Å². The summed E-state index contributed by atoms with van der Waals surface area (Å²) in [6, 6.07) is -0.933. The Balaban J connectivity index is 1.65. The Hall–Kier alpha value is -2.31. The molecule has 0 aromatic rings. The summed E-state index contributed by atoms with van der Waals surface area (Å²) in [5.41, 5.74) is 0. The topological polar surface area (TPSA) is 228 Å². The molecule has 0 spiro atoms. The van der Waals surface area contributed by atoms with Gasteiger partial charge >= 0.3 is 0 Å². The number of aliphatic hydroxyl groups excluding tert-OH is 8. The molecule has 0 aromatic heterocycles. The fourth-order valence-corrected chi connectivity index (χ4v) is 11.1. The van der Waals surface area contributed by atoms with Gasteiger partial charge in [0.2, 0.25) is 5.91 Å². The van der Waals surface area contributed by atoms with Gasteiger partial charge in [-0.2, -0.15) is 0 Å². The normalized spacial score (nSPS) is 24.0. The van der Waals surface area contributed by atoms with E-state index in [1.54, 1.807) is 6.08 Å². The number of aliphatic hydroxyl groups is 8. The van der Waals surface area contributed by atoms with Gasteiger partial charge in [-0.3, -0.25) is 4.79 Å². The van der Waals surface area contributed by atoms with Crippen molar-refractivity contribution in [2.75, 3.05) is 19.8 Å². The highest BCUT2D eigenvalue weighted by Crippen LogP contribution is 2.30. The summed E-state index contributed by atoms with van der Waals surface area (Å²) in [5, 5.41) is 87.3. The molecule has 0 aromatic carbocycles. The van der Waals surface area contributed by atoms with Crippen LogP contribution < -0.4 is 5.32 Å². The summed E-state index contributed by atoms with van der Waals surface area (Å²) in [6.07, 6.45) is 55.7. The van der Waals surface area contributed by atoms with E-state index in [4.69, 9.17) is 18.9 Å². The van der Waals surface area contributed by atoms with Crippen LogP contribution in [-0.2, 0) is 23.7 Å². The van der Waals surface area contributed by atoms with Crippen molar-refractivity contribution in [2.24, 2.45) is 0 Å². The zero-order valence-electron chi connectivity index (χ0n) is 53.1. The first-order chi connectivity index (χ1) is 41.1. The fourth-order valence-electron chi connectivity index (χ4n) is 11.1. The number of unbranched alkanes of at least 4 members (excludes halogenated alkanes) is 35. The van der Waals surface area contributed by atoms with Crippen LogP contribution in [0.4, 0.5) is 0 Å². The van der Waals surface area contributed by atoms with Crippen molar-refractivity contribution in [2.45, 2.75) is 357 Å². The molecule has 2 saturated heterocycles. The van der Waals surface area contributed by atoms with Gasteiger partial charge in [0.1, 0.15) is 48.8 Å². The van der Waals surface area contributed by atoms with E-state index in [0.29, 0.717) is 12.8 Å². The minimum absolute atomic E-state index is 0.247. The van der Waals surface area contributed by atoms with Crippen molar-refractivity contribution in [1.29, 1.82) is 0 Å². The van der Waals surface area contributed by atoms with Gasteiger partial charge < -0.3 is 65.1 Å². The van der Waals surface area contributed by atoms with Crippen LogP contribution in [0.3, 0.4) is 0 Å². The van der Waals surface area contributed by atoms with Crippen LogP contribution in [0.2, 0.25) is 0 Å². The highest BCUT2D eigenvalue weighted by atomic mass is 16.7. The maximum atomic E-state index is 13.3. The second kappa shape index (κ2) is 54.8. The Morgan fingerprint density at radius 1 is 0.429 bits per heavy atom. The highest BCUT2D eigenvalue weighted by molar-refractivity contribution is 5.76. The van der Waals surface area contributed by atoms with Gasteiger partial charge in [0.15, 0.2) is 12.6 Å². The molecule has 12 unspecified atom stereocenters. The van der Waals surface area contributed by atoms with Crippen LogP contribution in [0.15, 0.2) is 60.8 Å². The van der Waals surface area contributed by atoms with E-state index in [1.807, 2.05) is 6.08 Å². The van der Waals surface area contributed by atoms with E-state index in [9.17, 15) is 45.6 Å². The molecular formula is C70H127NO13. The maximum Gasteiger partial charge on any atom is 0.220 e. The molecule has 84 heavy (non-hydrogen) atoms. The van der Waals surface area contributed by atoms with E-state index < -0.39 is 86.8 Å². The third-order valence-electron chi connectivity index (χ3n) is 16.7. The molecule has 2 aliphatic rings. The molecule has 14 nitrogen and oxygen atoms in total. The predicted octanol–water partition coefficient (Wildman–Crippen LogP) is 13.7. The first-order valence-corrected chi connectivity index (χ1v) is 34.5. The second-order valence-electron chi connectivity index (χ2n) is 24.3. The zero-order valence-corrected chi connectivity index (χ0v) is 53.1. The molecule has 2 heterocycles. The molecule has 2 fully saturated rings. The Bertz CT molecular complexity index is 1640. The largest absolute Gasteiger partial charge is 0.394 e. The SMILES string of the molecule is CCCCCCC/C=C\C/C=C\C/C=C\CCCCCCCCCCCCCCCCCCCCC(=O)NC(COC1OC(CO)C(OC2OC(CO)C(O)C(O)C2O)C(O)C1O)C(O)/C=C/CC/C=C/CCCCCCCCCCCCC. The number of allylic oxidation sites excluding steroid dienone is 9. The summed E-state index contributed by atoms with van der Waals surface area (Å²) in [7, 11) is 0. The lowest BCUT2D eigenvalue weighted by Gasteiger charge is -2.46. The number of rotatable bonds is 56. The molecule has 0 saturated carbocycles. The Morgan fingerprint density at radius 2 is 0.798 bits per heavy atom. The molecule has 2 aliphatic heterocycles. The molecule has 0 aliphatic carbocycles. The molecule has 0 radical (unpaired) electrons. The number of amides is 1. The second-order valence-corrected chi connectivity index (χ2v) is 24.3. The summed E-state index contributed by atoms with van der Waals surface area (Å²) in [5.74, 6) is -0.247.